The van der Waals surface area contributed by atoms with Gasteiger partial charge in [0.25, 0.3) is 5.56 Å². The first kappa shape index (κ1) is 15.5. The lowest BCUT2D eigenvalue weighted by molar-refractivity contribution is -0.0156. The fraction of sp³-hybridized carbons (Fsp3) is 0.545. The van der Waals surface area contributed by atoms with Gasteiger partial charge in [-0.1, -0.05) is 11.6 Å². The van der Waals surface area contributed by atoms with Crippen LogP contribution in [0.2, 0.25) is 5.02 Å². The minimum atomic E-state index is -3.72. The Kier molecular flexibility index (Phi) is 4.82. The molecule has 20 heavy (non-hydrogen) atoms. The fourth-order valence-electron chi connectivity index (χ4n) is 1.87. The molecule has 0 aromatic carbocycles. The molecule has 0 aliphatic carbocycles. The second-order valence-corrected chi connectivity index (χ2v) is 6.79. The van der Waals surface area contributed by atoms with Crippen molar-refractivity contribution in [1.82, 2.24) is 14.6 Å². The third-order valence-electron chi connectivity index (χ3n) is 2.98. The Bertz CT molecular complexity index is 631. The van der Waals surface area contributed by atoms with E-state index < -0.39 is 15.6 Å². The van der Waals surface area contributed by atoms with E-state index in [-0.39, 0.29) is 22.6 Å². The van der Waals surface area contributed by atoms with Crippen LogP contribution in [0.4, 0.5) is 0 Å². The number of ether oxygens (including phenoxy) is 1. The molecule has 1 aromatic heterocycles. The van der Waals surface area contributed by atoms with E-state index >= 15 is 0 Å². The number of halogens is 1. The van der Waals surface area contributed by atoms with Gasteiger partial charge in [-0.05, 0) is 13.1 Å². The molecule has 1 unspecified atom stereocenters. The number of rotatable bonds is 4. The molecule has 9 heteroatoms. The van der Waals surface area contributed by atoms with E-state index in [4.69, 9.17) is 16.3 Å². The molecule has 1 aliphatic heterocycles. The molecule has 0 spiro atoms. The van der Waals surface area contributed by atoms with Crippen LogP contribution in [0.25, 0.3) is 0 Å². The summed E-state index contributed by atoms with van der Waals surface area (Å²) in [7, 11) is -1.77. The minimum absolute atomic E-state index is 0.0775. The third kappa shape index (κ3) is 3.80. The van der Waals surface area contributed by atoms with Gasteiger partial charge in [0.2, 0.25) is 10.0 Å². The van der Waals surface area contributed by atoms with Crippen molar-refractivity contribution in [1.29, 1.82) is 0 Å². The van der Waals surface area contributed by atoms with Crippen LogP contribution in [0.3, 0.4) is 0 Å². The average molecular weight is 322 g/mol. The SMILES string of the molecule is CN1CCOC(CNS(=O)(=O)c2c[nH]c(=O)c(Cl)c2)C1. The number of hydrogen-bond acceptors (Lipinski definition) is 5. The number of hydrogen-bond donors (Lipinski definition) is 2. The monoisotopic (exact) mass is 321 g/mol. The second-order valence-electron chi connectivity index (χ2n) is 4.62. The molecule has 1 atom stereocenters. The van der Waals surface area contributed by atoms with Crippen LogP contribution in [0, 0.1) is 0 Å². The molecular formula is C11H16ClN3O4S. The zero-order valence-corrected chi connectivity index (χ0v) is 12.5. The molecule has 1 aromatic rings. The van der Waals surface area contributed by atoms with Crippen LogP contribution in [-0.4, -0.2) is 57.7 Å². The van der Waals surface area contributed by atoms with Gasteiger partial charge in [-0.25, -0.2) is 13.1 Å². The molecule has 1 saturated heterocycles. The summed E-state index contributed by atoms with van der Waals surface area (Å²) in [6, 6.07) is 1.12. The van der Waals surface area contributed by atoms with E-state index in [9.17, 15) is 13.2 Å². The third-order valence-corrected chi connectivity index (χ3v) is 4.67. The van der Waals surface area contributed by atoms with Gasteiger partial charge >= 0.3 is 0 Å². The molecule has 0 bridgehead atoms. The maximum absolute atomic E-state index is 12.1. The van der Waals surface area contributed by atoms with E-state index in [2.05, 4.69) is 14.6 Å². The van der Waals surface area contributed by atoms with Gasteiger partial charge in [0, 0.05) is 25.8 Å². The summed E-state index contributed by atoms with van der Waals surface area (Å²) in [5.74, 6) is 0. The highest BCUT2D eigenvalue weighted by atomic mass is 35.5. The standard InChI is InChI=1S/C11H16ClN3O4S/c1-15-2-3-19-8(7-15)5-14-20(17,18)9-4-10(12)11(16)13-6-9/h4,6,8,14H,2-3,5,7H2,1H3,(H,13,16). The first-order valence-corrected chi connectivity index (χ1v) is 7.92. The lowest BCUT2D eigenvalue weighted by Crippen LogP contribution is -2.45. The number of nitrogens with one attached hydrogen (secondary N) is 2. The maximum atomic E-state index is 12.1. The number of morpholine rings is 1. The number of nitrogens with zero attached hydrogens (tertiary/aromatic N) is 1. The zero-order valence-electron chi connectivity index (χ0n) is 10.9. The summed E-state index contributed by atoms with van der Waals surface area (Å²) in [5.41, 5.74) is -0.525. The van der Waals surface area contributed by atoms with Crippen LogP contribution < -0.4 is 10.3 Å². The van der Waals surface area contributed by atoms with E-state index in [1.807, 2.05) is 7.05 Å². The average Bonchev–Trinajstić information content (AvgIpc) is 2.40. The fourth-order valence-corrected chi connectivity index (χ4v) is 3.17. The van der Waals surface area contributed by atoms with Crippen molar-refractivity contribution in [2.24, 2.45) is 0 Å². The molecule has 2 heterocycles. The van der Waals surface area contributed by atoms with Crippen molar-refractivity contribution in [3.05, 3.63) is 27.6 Å². The maximum Gasteiger partial charge on any atom is 0.266 e. The van der Waals surface area contributed by atoms with Gasteiger partial charge in [0.1, 0.15) is 5.02 Å². The van der Waals surface area contributed by atoms with Gasteiger partial charge < -0.3 is 14.6 Å². The highest BCUT2D eigenvalue weighted by Gasteiger charge is 2.21. The first-order valence-electron chi connectivity index (χ1n) is 6.06. The smallest absolute Gasteiger partial charge is 0.266 e. The number of aromatic amines is 1. The van der Waals surface area contributed by atoms with Crippen LogP contribution in [-0.2, 0) is 14.8 Å². The number of H-pyrrole nitrogens is 1. The molecule has 0 amide bonds. The molecule has 0 radical (unpaired) electrons. The van der Waals surface area contributed by atoms with Crippen molar-refractivity contribution in [3.8, 4) is 0 Å². The Morgan fingerprint density at radius 2 is 2.35 bits per heavy atom. The summed E-state index contributed by atoms with van der Waals surface area (Å²) in [6.07, 6.45) is 0.923. The number of likely N-dealkylation sites (N-methyl/N-ethyl adjacent to an activating group) is 1. The summed E-state index contributed by atoms with van der Waals surface area (Å²) < 4.78 is 32.0. The molecule has 0 saturated carbocycles. The van der Waals surface area contributed by atoms with Crippen molar-refractivity contribution < 1.29 is 13.2 Å². The van der Waals surface area contributed by atoms with E-state index in [0.717, 1.165) is 18.8 Å². The Labute approximate surface area is 121 Å². The molecule has 2 N–H and O–H groups in total. The van der Waals surface area contributed by atoms with Crippen LogP contribution >= 0.6 is 11.6 Å². The number of sulfonamides is 1. The largest absolute Gasteiger partial charge is 0.374 e. The van der Waals surface area contributed by atoms with E-state index in [1.165, 1.54) is 0 Å². The lowest BCUT2D eigenvalue weighted by Gasteiger charge is -2.30. The molecule has 1 fully saturated rings. The normalized spacial score (nSPS) is 21.0. The molecule has 2 rings (SSSR count). The predicted octanol–water partition coefficient (Wildman–Crippen LogP) is -0.363. The first-order chi connectivity index (χ1) is 9.38. The van der Waals surface area contributed by atoms with Crippen LogP contribution in [0.15, 0.2) is 22.0 Å². The highest BCUT2D eigenvalue weighted by molar-refractivity contribution is 7.89. The van der Waals surface area contributed by atoms with Crippen LogP contribution in [0.1, 0.15) is 0 Å². The van der Waals surface area contributed by atoms with Gasteiger partial charge in [-0.15, -0.1) is 0 Å². The van der Waals surface area contributed by atoms with Gasteiger partial charge in [0.05, 0.1) is 17.6 Å². The summed E-state index contributed by atoms with van der Waals surface area (Å²) in [4.78, 5) is 15.4. The predicted molar refractivity (Wildman–Crippen MR) is 74.5 cm³/mol. The summed E-state index contributed by atoms with van der Waals surface area (Å²) >= 11 is 5.62. The minimum Gasteiger partial charge on any atom is -0.374 e. The van der Waals surface area contributed by atoms with E-state index in [1.54, 1.807) is 0 Å². The summed E-state index contributed by atoms with van der Waals surface area (Å²) in [5, 5.41) is -0.165. The Morgan fingerprint density at radius 1 is 1.60 bits per heavy atom. The van der Waals surface area contributed by atoms with Crippen LogP contribution in [0.5, 0.6) is 0 Å². The zero-order chi connectivity index (χ0) is 14.8. The highest BCUT2D eigenvalue weighted by Crippen LogP contribution is 2.11. The molecular weight excluding hydrogens is 306 g/mol. The van der Waals surface area contributed by atoms with Gasteiger partial charge in [-0.2, -0.15) is 0 Å². The van der Waals surface area contributed by atoms with Crippen molar-refractivity contribution in [2.45, 2.75) is 11.0 Å². The summed E-state index contributed by atoms with van der Waals surface area (Å²) in [6.45, 7) is 2.24. The quantitative estimate of drug-likeness (QED) is 0.790. The topological polar surface area (TPSA) is 91.5 Å². The Morgan fingerprint density at radius 3 is 3.00 bits per heavy atom. The molecule has 112 valence electrons. The van der Waals surface area contributed by atoms with Gasteiger partial charge in [-0.3, -0.25) is 4.79 Å². The molecule has 1 aliphatic rings. The van der Waals surface area contributed by atoms with Crippen molar-refractivity contribution >= 4 is 21.6 Å². The Hall–Kier alpha value is -0.930. The second kappa shape index (κ2) is 6.23. The molecule has 7 nitrogen and oxygen atoms in total. The number of aromatic nitrogens is 1. The van der Waals surface area contributed by atoms with E-state index in [0.29, 0.717) is 13.2 Å². The van der Waals surface area contributed by atoms with Gasteiger partial charge in [0.15, 0.2) is 0 Å². The van der Waals surface area contributed by atoms with Crippen molar-refractivity contribution in [2.75, 3.05) is 33.3 Å². The van der Waals surface area contributed by atoms with Crippen molar-refractivity contribution in [3.63, 3.8) is 0 Å². The lowest BCUT2D eigenvalue weighted by atomic mass is 10.3. The Balaban J connectivity index is 2.03. The number of pyridine rings is 1.